The third-order valence-electron chi connectivity index (χ3n) is 2.59. The van der Waals surface area contributed by atoms with E-state index in [0.29, 0.717) is 0 Å². The van der Waals surface area contributed by atoms with E-state index >= 15 is 0 Å². The Balaban J connectivity index is 2.93. The van der Waals surface area contributed by atoms with Gasteiger partial charge in [-0.3, -0.25) is 0 Å². The Labute approximate surface area is 90.4 Å². The van der Waals surface area contributed by atoms with Crippen molar-refractivity contribution in [3.05, 3.63) is 0 Å². The van der Waals surface area contributed by atoms with Gasteiger partial charge in [-0.25, -0.2) is 0 Å². The number of aliphatic hydroxyl groups is 1. The van der Waals surface area contributed by atoms with E-state index in [0.717, 1.165) is 0 Å². The first kappa shape index (κ1) is 13.9. The molecule has 4 nitrogen and oxygen atoms in total. The first-order chi connectivity index (χ1) is 7.41. The topological polar surface area (TPSA) is 63.6 Å². The molecule has 10 heteroatoms. The lowest BCUT2D eigenvalue weighted by atomic mass is 9.80. The Bertz CT molecular complexity index is 305. The fourth-order valence-corrected chi connectivity index (χ4v) is 1.52. The van der Waals surface area contributed by atoms with Crippen LogP contribution in [0.25, 0.3) is 0 Å². The molecule has 1 rings (SSSR count). The number of hydrogen-bond donors (Lipinski definition) is 1. The van der Waals surface area contributed by atoms with Crippen LogP contribution in [-0.4, -0.2) is 47.1 Å². The highest BCUT2D eigenvalue weighted by Crippen LogP contribution is 2.49. The maximum atomic E-state index is 12.2. The molecule has 1 amide bonds. The Morgan fingerprint density at radius 1 is 1.12 bits per heavy atom. The monoisotopic (exact) mass is 266 g/mol. The maximum absolute atomic E-state index is 12.2. The van der Waals surface area contributed by atoms with Gasteiger partial charge in [0.2, 0.25) is 0 Å². The molecule has 1 heterocycles. The van der Waals surface area contributed by atoms with Gasteiger partial charge in [0.15, 0.2) is 0 Å². The summed E-state index contributed by atoms with van der Waals surface area (Å²) < 4.78 is 73.5. The Morgan fingerprint density at radius 3 is 1.71 bits per heavy atom. The van der Waals surface area contributed by atoms with Crippen molar-refractivity contribution in [3.63, 3.8) is 0 Å². The molecule has 0 unspecified atom stereocenters. The molecule has 0 spiro atoms. The number of carboxylic acid groups (broad SMARTS) is 1. The van der Waals surface area contributed by atoms with E-state index in [-0.39, 0.29) is 4.90 Å². The fourth-order valence-electron chi connectivity index (χ4n) is 1.52. The van der Waals surface area contributed by atoms with Gasteiger partial charge in [-0.05, 0) is 0 Å². The van der Waals surface area contributed by atoms with Crippen LogP contribution in [0.15, 0.2) is 0 Å². The van der Waals surface area contributed by atoms with E-state index < -0.39 is 43.1 Å². The van der Waals surface area contributed by atoms with Crippen LogP contribution in [0.3, 0.4) is 0 Å². The summed E-state index contributed by atoms with van der Waals surface area (Å²) in [6.07, 6.45) is -13.7. The van der Waals surface area contributed by atoms with Crippen LogP contribution in [0, 0.1) is 5.92 Å². The van der Waals surface area contributed by atoms with Crippen LogP contribution in [0.1, 0.15) is 0 Å². The number of nitrogens with zero attached hydrogens (tertiary/aromatic N) is 1. The zero-order valence-electron chi connectivity index (χ0n) is 7.97. The molecule has 0 bridgehead atoms. The molecule has 17 heavy (non-hydrogen) atoms. The molecular weight excluding hydrogens is 260 g/mol. The van der Waals surface area contributed by atoms with Crippen molar-refractivity contribution in [2.75, 3.05) is 13.1 Å². The second kappa shape index (κ2) is 3.65. The SMILES string of the molecule is O=C([O-])N1CC(C(O)(C(F)(F)F)C(F)(F)F)C1. The summed E-state index contributed by atoms with van der Waals surface area (Å²) >= 11 is 0. The molecule has 0 aromatic rings. The molecule has 0 radical (unpaired) electrons. The molecule has 1 N–H and O–H groups in total. The molecule has 0 aromatic carbocycles. The summed E-state index contributed by atoms with van der Waals surface area (Å²) in [7, 11) is 0. The molecule has 0 saturated carbocycles. The van der Waals surface area contributed by atoms with Crippen molar-refractivity contribution < 1.29 is 41.4 Å². The van der Waals surface area contributed by atoms with E-state index in [1.807, 2.05) is 0 Å². The van der Waals surface area contributed by atoms with Gasteiger partial charge < -0.3 is 19.9 Å². The van der Waals surface area contributed by atoms with Crippen molar-refractivity contribution in [3.8, 4) is 0 Å². The molecule has 1 fully saturated rings. The van der Waals surface area contributed by atoms with Crippen molar-refractivity contribution in [2.45, 2.75) is 18.0 Å². The average molecular weight is 266 g/mol. The van der Waals surface area contributed by atoms with Gasteiger partial charge >= 0.3 is 12.4 Å². The van der Waals surface area contributed by atoms with Gasteiger partial charge in [0, 0.05) is 19.0 Å². The van der Waals surface area contributed by atoms with Gasteiger partial charge in [-0.1, -0.05) is 0 Å². The second-order valence-electron chi connectivity index (χ2n) is 3.63. The van der Waals surface area contributed by atoms with Gasteiger partial charge in [0.05, 0.1) is 0 Å². The third-order valence-corrected chi connectivity index (χ3v) is 2.59. The highest BCUT2D eigenvalue weighted by Gasteiger charge is 2.75. The highest BCUT2D eigenvalue weighted by atomic mass is 19.4. The zero-order chi connectivity index (χ0) is 13.6. The van der Waals surface area contributed by atoms with Crippen molar-refractivity contribution >= 4 is 6.09 Å². The Kier molecular flexibility index (Phi) is 2.98. The second-order valence-corrected chi connectivity index (χ2v) is 3.63. The van der Waals surface area contributed by atoms with Crippen LogP contribution < -0.4 is 5.11 Å². The minimum atomic E-state index is -5.92. The van der Waals surface area contributed by atoms with E-state index in [1.54, 1.807) is 0 Å². The molecule has 1 saturated heterocycles. The van der Waals surface area contributed by atoms with Gasteiger partial charge in [-0.15, -0.1) is 0 Å². The van der Waals surface area contributed by atoms with Gasteiger partial charge in [0.1, 0.15) is 6.09 Å². The minimum Gasteiger partial charge on any atom is -0.530 e. The predicted molar refractivity (Wildman–Crippen MR) is 37.5 cm³/mol. The number of amides is 1. The first-order valence-corrected chi connectivity index (χ1v) is 4.23. The third kappa shape index (κ3) is 2.01. The first-order valence-electron chi connectivity index (χ1n) is 4.23. The minimum absolute atomic E-state index is 0.243. The quantitative estimate of drug-likeness (QED) is 0.685. The van der Waals surface area contributed by atoms with Crippen LogP contribution in [-0.2, 0) is 0 Å². The molecular formula is C7H6F6NO3-. The Hall–Kier alpha value is -1.19. The van der Waals surface area contributed by atoms with Crippen LogP contribution in [0.5, 0.6) is 0 Å². The summed E-state index contributed by atoms with van der Waals surface area (Å²) in [5.41, 5.74) is -4.90. The summed E-state index contributed by atoms with van der Waals surface area (Å²) in [4.78, 5) is 10.4. The number of likely N-dealkylation sites (tertiary alicyclic amines) is 1. The largest absolute Gasteiger partial charge is 0.530 e. The van der Waals surface area contributed by atoms with Crippen LogP contribution >= 0.6 is 0 Å². The molecule has 0 atom stereocenters. The summed E-state index contributed by atoms with van der Waals surface area (Å²) in [5, 5.41) is 18.9. The van der Waals surface area contributed by atoms with Crippen LogP contribution in [0.2, 0.25) is 0 Å². The average Bonchev–Trinajstić information content (AvgIpc) is 1.95. The molecule has 0 aromatic heterocycles. The molecule has 0 aliphatic carbocycles. The lowest BCUT2D eigenvalue weighted by molar-refractivity contribution is -0.395. The summed E-state index contributed by atoms with van der Waals surface area (Å²) in [6.45, 7) is -2.14. The zero-order valence-corrected chi connectivity index (χ0v) is 7.97. The number of carbonyl (C=O) groups is 1. The van der Waals surface area contributed by atoms with Crippen molar-refractivity contribution in [1.29, 1.82) is 0 Å². The Morgan fingerprint density at radius 2 is 1.47 bits per heavy atom. The van der Waals surface area contributed by atoms with E-state index in [2.05, 4.69) is 0 Å². The lowest BCUT2D eigenvalue weighted by Gasteiger charge is -2.49. The van der Waals surface area contributed by atoms with Gasteiger partial charge in [-0.2, -0.15) is 26.3 Å². The van der Waals surface area contributed by atoms with E-state index in [1.165, 1.54) is 0 Å². The van der Waals surface area contributed by atoms with E-state index in [9.17, 15) is 36.2 Å². The standard InChI is InChI=1S/C7H7F6NO3/c8-6(9,10)5(17,7(11,12)13)3-1-14(2-3)4(15)16/h3,17H,1-2H2,(H,15,16)/p-1. The summed E-state index contributed by atoms with van der Waals surface area (Å²) in [6, 6.07) is 0. The number of hydrogen-bond acceptors (Lipinski definition) is 3. The normalized spacial score (nSPS) is 19.1. The van der Waals surface area contributed by atoms with E-state index in [4.69, 9.17) is 5.11 Å². The smallest absolute Gasteiger partial charge is 0.426 e. The molecule has 1 aliphatic rings. The number of alkyl halides is 6. The molecule has 1 aliphatic heterocycles. The molecule has 100 valence electrons. The maximum Gasteiger partial charge on any atom is 0.426 e. The number of carbonyl (C=O) groups excluding carboxylic acids is 1. The van der Waals surface area contributed by atoms with Crippen molar-refractivity contribution in [2.24, 2.45) is 5.92 Å². The number of halogens is 6. The van der Waals surface area contributed by atoms with Crippen molar-refractivity contribution in [1.82, 2.24) is 4.90 Å². The highest BCUT2D eigenvalue weighted by molar-refractivity contribution is 5.63. The van der Waals surface area contributed by atoms with Crippen LogP contribution in [0.4, 0.5) is 31.1 Å². The summed E-state index contributed by atoms with van der Waals surface area (Å²) in [5.74, 6) is -2.28. The predicted octanol–water partition coefficient (Wildman–Crippen LogP) is 0.117. The lowest BCUT2D eigenvalue weighted by Crippen LogP contribution is -2.71. The van der Waals surface area contributed by atoms with Gasteiger partial charge in [0.25, 0.3) is 5.60 Å². The number of rotatable bonds is 1. The fraction of sp³-hybridized carbons (Fsp3) is 0.857.